The molecule has 2 amide bonds. The number of hydrogen-bond donors (Lipinski definition) is 2. The van der Waals surface area contributed by atoms with Crippen LogP contribution in [0, 0.1) is 0 Å². The van der Waals surface area contributed by atoms with Crippen LogP contribution in [0.3, 0.4) is 0 Å². The highest BCUT2D eigenvalue weighted by Gasteiger charge is 2.29. The predicted molar refractivity (Wildman–Crippen MR) is 124 cm³/mol. The number of urea groups is 1. The molecule has 1 fully saturated rings. The summed E-state index contributed by atoms with van der Waals surface area (Å²) in [6, 6.07) is 7.86. The Bertz CT molecular complexity index is 915. The van der Waals surface area contributed by atoms with Crippen molar-refractivity contribution in [1.29, 1.82) is 0 Å². The number of hydrogen-bond acceptors (Lipinski definition) is 5. The first kappa shape index (κ1) is 21.6. The molecule has 4 rings (SSSR count). The third-order valence-electron chi connectivity index (χ3n) is 6.18. The number of rotatable bonds is 4. The Kier molecular flexibility index (Phi) is 6.70. The quantitative estimate of drug-likeness (QED) is 0.715. The molecule has 2 heterocycles. The summed E-state index contributed by atoms with van der Waals surface area (Å²) in [6.07, 6.45) is 4.58. The largest absolute Gasteiger partial charge is 0.377 e. The number of nitrogens with zero attached hydrogens (tertiary/aromatic N) is 3. The summed E-state index contributed by atoms with van der Waals surface area (Å²) < 4.78 is 5.68. The van der Waals surface area contributed by atoms with Crippen molar-refractivity contribution in [2.24, 2.45) is 0 Å². The molecule has 2 aromatic rings. The van der Waals surface area contributed by atoms with Gasteiger partial charge in [0.15, 0.2) is 5.82 Å². The number of nitrogens with one attached hydrogen (secondary N) is 2. The zero-order valence-corrected chi connectivity index (χ0v) is 18.8. The molecule has 7 heteroatoms. The lowest BCUT2D eigenvalue weighted by Gasteiger charge is -2.36. The minimum atomic E-state index is -0.200. The van der Waals surface area contributed by atoms with Crippen molar-refractivity contribution in [2.75, 3.05) is 36.5 Å². The van der Waals surface area contributed by atoms with Crippen LogP contribution < -0.4 is 15.5 Å². The first-order valence-corrected chi connectivity index (χ1v) is 11.5. The van der Waals surface area contributed by atoms with Crippen molar-refractivity contribution in [2.45, 2.75) is 58.4 Å². The number of benzene rings is 1. The lowest BCUT2D eigenvalue weighted by molar-refractivity contribution is 0.0984. The van der Waals surface area contributed by atoms with Crippen molar-refractivity contribution in [3.05, 3.63) is 35.5 Å². The second-order valence-corrected chi connectivity index (χ2v) is 8.56. The molecule has 0 spiro atoms. The smallest absolute Gasteiger partial charge is 0.319 e. The summed E-state index contributed by atoms with van der Waals surface area (Å²) in [7, 11) is 0. The SMILES string of the molecule is CCNC(=O)Nc1ccc(-c2nc3c(c(N4CCOCC4C)n2)C(C)CCCC3)cc1. The summed E-state index contributed by atoms with van der Waals surface area (Å²) in [5.41, 5.74) is 4.22. The number of fused-ring (bicyclic) bond motifs is 1. The third kappa shape index (κ3) is 4.82. The van der Waals surface area contributed by atoms with Crippen molar-refractivity contribution in [3.8, 4) is 11.4 Å². The highest BCUT2D eigenvalue weighted by atomic mass is 16.5. The van der Waals surface area contributed by atoms with Gasteiger partial charge >= 0.3 is 6.03 Å². The van der Waals surface area contributed by atoms with Crippen molar-refractivity contribution in [1.82, 2.24) is 15.3 Å². The summed E-state index contributed by atoms with van der Waals surface area (Å²) >= 11 is 0. The molecule has 1 saturated heterocycles. The Balaban J connectivity index is 1.70. The topological polar surface area (TPSA) is 79.4 Å². The maximum absolute atomic E-state index is 11.8. The van der Waals surface area contributed by atoms with Gasteiger partial charge in [-0.25, -0.2) is 14.8 Å². The van der Waals surface area contributed by atoms with Crippen LogP contribution >= 0.6 is 0 Å². The number of morpholine rings is 1. The molecular formula is C24H33N5O2. The van der Waals surface area contributed by atoms with Gasteiger partial charge in [-0.3, -0.25) is 0 Å². The van der Waals surface area contributed by atoms with E-state index in [0.717, 1.165) is 49.1 Å². The summed E-state index contributed by atoms with van der Waals surface area (Å²) in [6.45, 7) is 9.31. The Morgan fingerprint density at radius 1 is 1.19 bits per heavy atom. The van der Waals surface area contributed by atoms with Gasteiger partial charge in [-0.2, -0.15) is 0 Å². The standard InChI is InChI=1S/C24H33N5O2/c1-4-25-24(30)26-19-11-9-18(10-12-19)22-27-20-8-6-5-7-16(2)21(20)23(28-22)29-13-14-31-15-17(29)3/h9-12,16-17H,4-8,13-15H2,1-3H3,(H2,25,26,30). The van der Waals surface area contributed by atoms with E-state index in [9.17, 15) is 4.79 Å². The lowest BCUT2D eigenvalue weighted by atomic mass is 9.96. The molecule has 1 aromatic carbocycles. The third-order valence-corrected chi connectivity index (χ3v) is 6.18. The van der Waals surface area contributed by atoms with Gasteiger partial charge in [0.25, 0.3) is 0 Å². The molecule has 0 saturated carbocycles. The van der Waals surface area contributed by atoms with Crippen LogP contribution in [0.2, 0.25) is 0 Å². The fourth-order valence-corrected chi connectivity index (χ4v) is 4.51. The van der Waals surface area contributed by atoms with Gasteiger partial charge in [-0.1, -0.05) is 13.3 Å². The molecule has 2 atom stereocenters. The number of aromatic nitrogens is 2. The minimum Gasteiger partial charge on any atom is -0.377 e. The van der Waals surface area contributed by atoms with E-state index in [4.69, 9.17) is 14.7 Å². The van der Waals surface area contributed by atoms with Crippen LogP contribution in [0.4, 0.5) is 16.3 Å². The maximum Gasteiger partial charge on any atom is 0.319 e. The number of carbonyl (C=O) groups excluding carboxylic acids is 1. The first-order valence-electron chi connectivity index (χ1n) is 11.5. The van der Waals surface area contributed by atoms with E-state index in [0.29, 0.717) is 18.5 Å². The molecule has 0 bridgehead atoms. The van der Waals surface area contributed by atoms with Crippen molar-refractivity contribution in [3.63, 3.8) is 0 Å². The first-order chi connectivity index (χ1) is 15.1. The molecule has 2 aliphatic rings. The summed E-state index contributed by atoms with van der Waals surface area (Å²) in [4.78, 5) is 24.3. The van der Waals surface area contributed by atoms with Gasteiger partial charge in [-0.05, 0) is 63.3 Å². The second kappa shape index (κ2) is 9.64. The predicted octanol–water partition coefficient (Wildman–Crippen LogP) is 4.34. The van der Waals surface area contributed by atoms with E-state index in [-0.39, 0.29) is 6.03 Å². The molecule has 1 aliphatic carbocycles. The van der Waals surface area contributed by atoms with Crippen molar-refractivity contribution >= 4 is 17.5 Å². The molecular weight excluding hydrogens is 390 g/mol. The summed E-state index contributed by atoms with van der Waals surface area (Å²) in [5.74, 6) is 2.29. The van der Waals surface area contributed by atoms with Gasteiger partial charge in [0.05, 0.1) is 24.9 Å². The van der Waals surface area contributed by atoms with Gasteiger partial charge in [-0.15, -0.1) is 0 Å². The molecule has 0 radical (unpaired) electrons. The lowest BCUT2D eigenvalue weighted by Crippen LogP contribution is -2.45. The Labute approximate surface area is 184 Å². The zero-order valence-electron chi connectivity index (χ0n) is 18.8. The fourth-order valence-electron chi connectivity index (χ4n) is 4.51. The van der Waals surface area contributed by atoms with Crippen LogP contribution in [-0.2, 0) is 11.2 Å². The monoisotopic (exact) mass is 423 g/mol. The Morgan fingerprint density at radius 2 is 2.00 bits per heavy atom. The number of anilines is 2. The average molecular weight is 424 g/mol. The molecule has 2 N–H and O–H groups in total. The second-order valence-electron chi connectivity index (χ2n) is 8.56. The number of ether oxygens (including phenoxy) is 1. The minimum absolute atomic E-state index is 0.200. The van der Waals surface area contributed by atoms with Crippen LogP contribution in [-0.4, -0.2) is 48.3 Å². The van der Waals surface area contributed by atoms with E-state index in [1.165, 1.54) is 30.5 Å². The van der Waals surface area contributed by atoms with Gasteiger partial charge in [0.2, 0.25) is 0 Å². The van der Waals surface area contributed by atoms with Crippen LogP contribution in [0.1, 0.15) is 57.2 Å². The van der Waals surface area contributed by atoms with E-state index in [1.807, 2.05) is 31.2 Å². The maximum atomic E-state index is 11.8. The molecule has 2 unspecified atom stereocenters. The van der Waals surface area contributed by atoms with Gasteiger partial charge in [0.1, 0.15) is 5.82 Å². The van der Waals surface area contributed by atoms with Crippen molar-refractivity contribution < 1.29 is 9.53 Å². The van der Waals surface area contributed by atoms with Crippen LogP contribution in [0.5, 0.6) is 0 Å². The number of aryl methyl sites for hydroxylation is 1. The Hall–Kier alpha value is -2.67. The zero-order chi connectivity index (χ0) is 21.8. The van der Waals surface area contributed by atoms with Gasteiger partial charge in [0, 0.05) is 29.9 Å². The summed E-state index contributed by atoms with van der Waals surface area (Å²) in [5, 5.41) is 5.58. The molecule has 7 nitrogen and oxygen atoms in total. The van der Waals surface area contributed by atoms with E-state index >= 15 is 0 Å². The molecule has 1 aliphatic heterocycles. The highest BCUT2D eigenvalue weighted by Crippen LogP contribution is 2.38. The van der Waals surface area contributed by atoms with Gasteiger partial charge < -0.3 is 20.3 Å². The van der Waals surface area contributed by atoms with E-state index in [1.54, 1.807) is 0 Å². The molecule has 31 heavy (non-hydrogen) atoms. The molecule has 1 aromatic heterocycles. The number of amides is 2. The Morgan fingerprint density at radius 3 is 2.74 bits per heavy atom. The highest BCUT2D eigenvalue weighted by molar-refractivity contribution is 5.89. The molecule has 166 valence electrons. The van der Waals surface area contributed by atoms with Crippen LogP contribution in [0.25, 0.3) is 11.4 Å². The van der Waals surface area contributed by atoms with E-state index < -0.39 is 0 Å². The number of carbonyl (C=O) groups is 1. The van der Waals surface area contributed by atoms with Crippen LogP contribution in [0.15, 0.2) is 24.3 Å². The van der Waals surface area contributed by atoms with E-state index in [2.05, 4.69) is 29.4 Å². The average Bonchev–Trinajstić information content (AvgIpc) is 2.95. The fraction of sp³-hybridized carbons (Fsp3) is 0.542. The normalized spacial score (nSPS) is 21.2.